The van der Waals surface area contributed by atoms with Crippen LogP contribution < -0.4 is 5.32 Å². The van der Waals surface area contributed by atoms with Gasteiger partial charge in [0.1, 0.15) is 5.82 Å². The predicted octanol–water partition coefficient (Wildman–Crippen LogP) is 3.19. The number of rotatable bonds is 5. The summed E-state index contributed by atoms with van der Waals surface area (Å²) in [6.07, 6.45) is 1.89. The Morgan fingerprint density at radius 1 is 1.14 bits per heavy atom. The number of hydrogen-bond donors (Lipinski definition) is 1. The van der Waals surface area contributed by atoms with Crippen LogP contribution in [0.15, 0.2) is 47.4 Å². The predicted molar refractivity (Wildman–Crippen MR) is 82.9 cm³/mol. The fourth-order valence-electron chi connectivity index (χ4n) is 2.21. The molecule has 0 fully saturated rings. The molecule has 5 heteroatoms. The van der Waals surface area contributed by atoms with Crippen LogP contribution in [0.3, 0.4) is 0 Å². The van der Waals surface area contributed by atoms with Gasteiger partial charge in [-0.2, -0.15) is 0 Å². The molecule has 0 aliphatic heterocycles. The smallest absolute Gasteiger partial charge is 0.177 e. The van der Waals surface area contributed by atoms with E-state index in [-0.39, 0.29) is 5.82 Å². The van der Waals surface area contributed by atoms with Crippen LogP contribution in [0.25, 0.3) is 0 Å². The van der Waals surface area contributed by atoms with E-state index in [4.69, 9.17) is 0 Å². The minimum atomic E-state index is -3.25. The molecule has 2 rings (SSSR count). The van der Waals surface area contributed by atoms with E-state index in [0.717, 1.165) is 11.1 Å². The fraction of sp³-hybridized carbons (Fsp3) is 0.250. The Kier molecular flexibility index (Phi) is 4.63. The Hall–Kier alpha value is -1.88. The van der Waals surface area contributed by atoms with Gasteiger partial charge in [-0.25, -0.2) is 12.8 Å². The van der Waals surface area contributed by atoms with Gasteiger partial charge in [-0.15, -0.1) is 0 Å². The van der Waals surface area contributed by atoms with Gasteiger partial charge in [0.2, 0.25) is 0 Å². The second-order valence-electron chi connectivity index (χ2n) is 5.02. The molecule has 21 heavy (non-hydrogen) atoms. The molecular formula is C16H18FNO2S. The molecule has 1 N–H and O–H groups in total. The summed E-state index contributed by atoms with van der Waals surface area (Å²) in [5, 5.41) is 3.14. The number of anilines is 1. The number of halogens is 1. The van der Waals surface area contributed by atoms with Crippen molar-refractivity contribution in [3.05, 3.63) is 59.4 Å². The van der Waals surface area contributed by atoms with Crippen molar-refractivity contribution < 1.29 is 12.8 Å². The van der Waals surface area contributed by atoms with Gasteiger partial charge in [0.15, 0.2) is 9.84 Å². The lowest BCUT2D eigenvalue weighted by atomic mass is 10.1. The first-order chi connectivity index (χ1) is 9.88. The highest BCUT2D eigenvalue weighted by Gasteiger charge is 2.11. The average molecular weight is 307 g/mol. The highest BCUT2D eigenvalue weighted by atomic mass is 32.2. The summed E-state index contributed by atoms with van der Waals surface area (Å²) < 4.78 is 36.4. The monoisotopic (exact) mass is 307 g/mol. The number of benzene rings is 2. The molecule has 0 unspecified atom stereocenters. The third kappa shape index (κ3) is 4.04. The lowest BCUT2D eigenvalue weighted by Crippen LogP contribution is -2.09. The standard InChI is InChI=1S/C16H18FNO2S/c1-12-11-14(17)8-7-13(12)9-10-18-15-5-3-4-6-16(15)21(2,19)20/h3-8,11,18H,9-10H2,1-2H3. The molecule has 0 spiro atoms. The van der Waals surface area contributed by atoms with E-state index in [1.54, 1.807) is 30.3 Å². The number of hydrogen-bond acceptors (Lipinski definition) is 3. The summed E-state index contributed by atoms with van der Waals surface area (Å²) in [6.45, 7) is 2.45. The van der Waals surface area contributed by atoms with Crippen molar-refractivity contribution in [1.82, 2.24) is 0 Å². The van der Waals surface area contributed by atoms with Crippen LogP contribution in [0.2, 0.25) is 0 Å². The van der Waals surface area contributed by atoms with Gasteiger partial charge in [-0.1, -0.05) is 18.2 Å². The average Bonchev–Trinajstić information content (AvgIpc) is 2.41. The first kappa shape index (κ1) is 15.5. The summed E-state index contributed by atoms with van der Waals surface area (Å²) in [5.41, 5.74) is 2.54. The van der Waals surface area contributed by atoms with Crippen molar-refractivity contribution in [3.63, 3.8) is 0 Å². The molecule has 0 aliphatic rings. The topological polar surface area (TPSA) is 46.2 Å². The minimum absolute atomic E-state index is 0.244. The maximum absolute atomic E-state index is 13.0. The molecule has 2 aromatic rings. The molecule has 3 nitrogen and oxygen atoms in total. The highest BCUT2D eigenvalue weighted by Crippen LogP contribution is 2.20. The maximum Gasteiger partial charge on any atom is 0.177 e. The normalized spacial score (nSPS) is 11.4. The molecule has 0 heterocycles. The Balaban J connectivity index is 2.08. The minimum Gasteiger partial charge on any atom is -0.384 e. The molecule has 0 amide bonds. The summed E-state index contributed by atoms with van der Waals surface area (Å²) in [4.78, 5) is 0.292. The maximum atomic E-state index is 13.0. The van der Waals surface area contributed by atoms with Gasteiger partial charge < -0.3 is 5.32 Å². The fourth-order valence-corrected chi connectivity index (χ4v) is 3.07. The van der Waals surface area contributed by atoms with Crippen LogP contribution in [0.5, 0.6) is 0 Å². The summed E-state index contributed by atoms with van der Waals surface area (Å²) in [5.74, 6) is -0.244. The van der Waals surface area contributed by atoms with Crippen LogP contribution in [0, 0.1) is 12.7 Å². The number of nitrogens with one attached hydrogen (secondary N) is 1. The van der Waals surface area contributed by atoms with Crippen molar-refractivity contribution in [2.75, 3.05) is 18.1 Å². The van der Waals surface area contributed by atoms with E-state index in [0.29, 0.717) is 23.5 Å². The highest BCUT2D eigenvalue weighted by molar-refractivity contribution is 7.90. The first-order valence-corrected chi connectivity index (χ1v) is 8.55. The van der Waals surface area contributed by atoms with E-state index in [1.165, 1.54) is 18.4 Å². The Morgan fingerprint density at radius 3 is 2.52 bits per heavy atom. The van der Waals surface area contributed by atoms with Crippen LogP contribution in [-0.2, 0) is 16.3 Å². The lowest BCUT2D eigenvalue weighted by Gasteiger charge is -2.11. The van der Waals surface area contributed by atoms with Crippen LogP contribution in [0.1, 0.15) is 11.1 Å². The van der Waals surface area contributed by atoms with Crippen molar-refractivity contribution >= 4 is 15.5 Å². The van der Waals surface area contributed by atoms with Crippen molar-refractivity contribution in [1.29, 1.82) is 0 Å². The van der Waals surface area contributed by atoms with Gasteiger partial charge in [-0.05, 0) is 48.7 Å². The van der Waals surface area contributed by atoms with Crippen LogP contribution in [-0.4, -0.2) is 21.2 Å². The summed E-state index contributed by atoms with van der Waals surface area (Å²) >= 11 is 0. The third-order valence-electron chi connectivity index (χ3n) is 3.30. The first-order valence-electron chi connectivity index (χ1n) is 6.66. The van der Waals surface area contributed by atoms with Crippen molar-refractivity contribution in [3.8, 4) is 0 Å². The van der Waals surface area contributed by atoms with E-state index in [2.05, 4.69) is 5.32 Å². The summed E-state index contributed by atoms with van der Waals surface area (Å²) in [6, 6.07) is 11.5. The second-order valence-corrected chi connectivity index (χ2v) is 7.00. The Morgan fingerprint density at radius 2 is 1.86 bits per heavy atom. The lowest BCUT2D eigenvalue weighted by molar-refractivity contribution is 0.602. The zero-order valence-corrected chi connectivity index (χ0v) is 12.9. The SMILES string of the molecule is Cc1cc(F)ccc1CCNc1ccccc1S(C)(=O)=O. The van der Waals surface area contributed by atoms with E-state index >= 15 is 0 Å². The quantitative estimate of drug-likeness (QED) is 0.923. The molecule has 112 valence electrons. The van der Waals surface area contributed by atoms with Crippen molar-refractivity contribution in [2.45, 2.75) is 18.2 Å². The summed E-state index contributed by atoms with van der Waals surface area (Å²) in [7, 11) is -3.25. The second kappa shape index (κ2) is 6.26. The van der Waals surface area contributed by atoms with Gasteiger partial charge in [-0.3, -0.25) is 0 Å². The number of para-hydroxylation sites is 1. The molecule has 2 aromatic carbocycles. The molecule has 0 aliphatic carbocycles. The zero-order valence-electron chi connectivity index (χ0n) is 12.1. The van der Waals surface area contributed by atoms with Gasteiger partial charge in [0.05, 0.1) is 10.6 Å². The van der Waals surface area contributed by atoms with E-state index in [9.17, 15) is 12.8 Å². The van der Waals surface area contributed by atoms with Gasteiger partial charge in [0.25, 0.3) is 0 Å². The largest absolute Gasteiger partial charge is 0.384 e. The Bertz CT molecular complexity index is 742. The zero-order chi connectivity index (χ0) is 15.5. The van der Waals surface area contributed by atoms with Crippen LogP contribution >= 0.6 is 0 Å². The van der Waals surface area contributed by atoms with Crippen molar-refractivity contribution in [2.24, 2.45) is 0 Å². The third-order valence-corrected chi connectivity index (χ3v) is 4.46. The van der Waals surface area contributed by atoms with Gasteiger partial charge in [0, 0.05) is 12.8 Å². The van der Waals surface area contributed by atoms with E-state index in [1.807, 2.05) is 6.92 Å². The molecule has 0 saturated heterocycles. The van der Waals surface area contributed by atoms with Gasteiger partial charge >= 0.3 is 0 Å². The Labute approximate surface area is 124 Å². The molecule has 0 aromatic heterocycles. The number of aryl methyl sites for hydroxylation is 1. The molecule has 0 bridgehead atoms. The molecular weight excluding hydrogens is 289 g/mol. The molecule has 0 saturated carbocycles. The molecule has 0 atom stereocenters. The van der Waals surface area contributed by atoms with Crippen LogP contribution in [0.4, 0.5) is 10.1 Å². The number of sulfone groups is 1. The van der Waals surface area contributed by atoms with E-state index < -0.39 is 9.84 Å². The molecule has 0 radical (unpaired) electrons.